The van der Waals surface area contributed by atoms with E-state index < -0.39 is 0 Å². The molecule has 0 aliphatic heterocycles. The minimum atomic E-state index is 0.847. The fourth-order valence-corrected chi connectivity index (χ4v) is 4.67. The number of methoxy groups -OCH3 is 1. The van der Waals surface area contributed by atoms with Gasteiger partial charge in [0.1, 0.15) is 11.6 Å². The predicted molar refractivity (Wildman–Crippen MR) is 113 cm³/mol. The van der Waals surface area contributed by atoms with Crippen LogP contribution in [0.2, 0.25) is 0 Å². The third-order valence-corrected chi connectivity index (χ3v) is 6.99. The molecule has 7 heteroatoms. The molecule has 0 atom stereocenters. The van der Waals surface area contributed by atoms with Gasteiger partial charge in [0.15, 0.2) is 0 Å². The quantitative estimate of drug-likeness (QED) is 0.419. The number of pyridine rings is 1. The molecule has 2 N–H and O–H groups in total. The molecule has 0 saturated heterocycles. The first-order valence-corrected chi connectivity index (χ1v) is 10.4. The zero-order valence-corrected chi connectivity index (χ0v) is 17.8. The minimum absolute atomic E-state index is 0.847. The van der Waals surface area contributed by atoms with Crippen LogP contribution in [0, 0.1) is 0 Å². The average Bonchev–Trinajstić information content (AvgIpc) is 2.95. The summed E-state index contributed by atoms with van der Waals surface area (Å²) in [5, 5.41) is 7.88. The molecule has 3 aromatic rings. The van der Waals surface area contributed by atoms with E-state index in [0.29, 0.717) is 0 Å². The lowest BCUT2D eigenvalue weighted by Gasteiger charge is -2.10. The van der Waals surface area contributed by atoms with Crippen LogP contribution in [0.5, 0.6) is 5.75 Å². The van der Waals surface area contributed by atoms with Crippen LogP contribution in [-0.4, -0.2) is 25.2 Å². The monoisotopic (exact) mass is 483 g/mol. The Morgan fingerprint density at radius 2 is 2.00 bits per heavy atom. The predicted octanol–water partition coefficient (Wildman–Crippen LogP) is 5.42. The van der Waals surface area contributed by atoms with Gasteiger partial charge in [-0.25, -0.2) is 4.98 Å². The van der Waals surface area contributed by atoms with Crippen molar-refractivity contribution >= 4 is 59.9 Å². The Hall–Kier alpha value is -1.15. The Balaban J connectivity index is 1.46. The van der Waals surface area contributed by atoms with E-state index in [2.05, 4.69) is 53.5 Å². The van der Waals surface area contributed by atoms with Crippen LogP contribution in [0.25, 0.3) is 10.9 Å². The fourth-order valence-electron chi connectivity index (χ4n) is 2.52. The summed E-state index contributed by atoms with van der Waals surface area (Å²) >= 11 is 8.78. The van der Waals surface area contributed by atoms with Crippen molar-refractivity contribution < 1.29 is 4.74 Å². The molecule has 2 aromatic heterocycles. The lowest BCUT2D eigenvalue weighted by atomic mass is 10.2. The Morgan fingerprint density at radius 1 is 1.16 bits per heavy atom. The zero-order valence-electron chi connectivity index (χ0n) is 13.8. The third kappa shape index (κ3) is 4.94. The molecule has 0 aliphatic carbocycles. The van der Waals surface area contributed by atoms with Gasteiger partial charge in [0.2, 0.25) is 0 Å². The molecule has 0 fully saturated rings. The number of anilines is 1. The molecule has 0 radical (unpaired) electrons. The Kier molecular flexibility index (Phi) is 6.70. The number of nitrogens with zero attached hydrogens (tertiary/aromatic N) is 1. The van der Waals surface area contributed by atoms with Gasteiger partial charge >= 0.3 is 0 Å². The van der Waals surface area contributed by atoms with Gasteiger partial charge in [-0.3, -0.25) is 0 Å². The first-order valence-electron chi connectivity index (χ1n) is 7.99. The van der Waals surface area contributed by atoms with Crippen molar-refractivity contribution in [3.8, 4) is 5.75 Å². The highest BCUT2D eigenvalue weighted by Crippen LogP contribution is 2.32. The second kappa shape index (κ2) is 8.98. The molecule has 2 heterocycles. The number of thiophene rings is 1. The summed E-state index contributed by atoms with van der Waals surface area (Å²) in [5.41, 5.74) is 0.941. The Morgan fingerprint density at radius 3 is 2.76 bits per heavy atom. The number of benzene rings is 1. The maximum Gasteiger partial charge on any atom is 0.131 e. The third-order valence-electron chi connectivity index (χ3n) is 3.73. The molecule has 0 spiro atoms. The van der Waals surface area contributed by atoms with E-state index in [4.69, 9.17) is 4.74 Å². The van der Waals surface area contributed by atoms with Gasteiger partial charge in [0, 0.05) is 33.9 Å². The highest BCUT2D eigenvalue weighted by molar-refractivity contribution is 9.13. The van der Waals surface area contributed by atoms with Crippen LogP contribution in [0.1, 0.15) is 11.3 Å². The van der Waals surface area contributed by atoms with Crippen molar-refractivity contribution in [3.63, 3.8) is 0 Å². The van der Waals surface area contributed by atoms with E-state index in [-0.39, 0.29) is 0 Å². The van der Waals surface area contributed by atoms with Crippen LogP contribution in [0.3, 0.4) is 0 Å². The van der Waals surface area contributed by atoms with Gasteiger partial charge in [-0.15, -0.1) is 11.3 Å². The van der Waals surface area contributed by atoms with Gasteiger partial charge in [-0.2, -0.15) is 0 Å². The summed E-state index contributed by atoms with van der Waals surface area (Å²) in [6.45, 7) is 2.70. The fraction of sp³-hybridized carbons (Fsp3) is 0.278. The van der Waals surface area contributed by atoms with Gasteiger partial charge in [-0.05, 0) is 63.0 Å². The van der Waals surface area contributed by atoms with E-state index in [9.17, 15) is 0 Å². The second-order valence-electron chi connectivity index (χ2n) is 5.52. The molecule has 1 aromatic carbocycles. The summed E-state index contributed by atoms with van der Waals surface area (Å²) in [4.78, 5) is 5.95. The maximum absolute atomic E-state index is 5.47. The molecule has 0 unspecified atom stereocenters. The number of hydrogen-bond acceptors (Lipinski definition) is 5. The number of aromatic nitrogens is 1. The zero-order chi connectivity index (χ0) is 17.6. The number of ether oxygens (including phenoxy) is 1. The van der Waals surface area contributed by atoms with Crippen LogP contribution >= 0.6 is 43.2 Å². The van der Waals surface area contributed by atoms with Crippen molar-refractivity contribution in [2.24, 2.45) is 0 Å². The van der Waals surface area contributed by atoms with Crippen molar-refractivity contribution in [3.05, 3.63) is 49.5 Å². The van der Waals surface area contributed by atoms with Crippen molar-refractivity contribution in [2.45, 2.75) is 13.0 Å². The Labute approximate surface area is 168 Å². The van der Waals surface area contributed by atoms with Gasteiger partial charge in [0.05, 0.1) is 16.4 Å². The molecule has 0 amide bonds. The summed E-state index contributed by atoms with van der Waals surface area (Å²) in [6.07, 6.45) is 1.02. The van der Waals surface area contributed by atoms with Crippen LogP contribution in [-0.2, 0) is 6.54 Å². The smallest absolute Gasteiger partial charge is 0.131 e. The van der Waals surface area contributed by atoms with Crippen LogP contribution < -0.4 is 15.4 Å². The van der Waals surface area contributed by atoms with E-state index in [1.807, 2.05) is 30.3 Å². The van der Waals surface area contributed by atoms with Gasteiger partial charge in [0.25, 0.3) is 0 Å². The first kappa shape index (κ1) is 18.6. The molecule has 25 heavy (non-hydrogen) atoms. The lowest BCUT2D eigenvalue weighted by molar-refractivity contribution is 0.419. The van der Waals surface area contributed by atoms with Crippen molar-refractivity contribution in [1.82, 2.24) is 10.3 Å². The van der Waals surface area contributed by atoms with E-state index in [0.717, 1.165) is 56.8 Å². The number of hydrogen-bond donors (Lipinski definition) is 2. The normalized spacial score (nSPS) is 11.0. The Bertz CT molecular complexity index is 834. The van der Waals surface area contributed by atoms with Gasteiger partial charge < -0.3 is 15.4 Å². The lowest BCUT2D eigenvalue weighted by Crippen LogP contribution is -2.17. The molecule has 0 saturated carbocycles. The summed E-state index contributed by atoms with van der Waals surface area (Å²) < 4.78 is 7.73. The largest absolute Gasteiger partial charge is 0.496 e. The van der Waals surface area contributed by atoms with E-state index in [1.165, 1.54) is 4.88 Å². The highest BCUT2D eigenvalue weighted by atomic mass is 79.9. The SMILES string of the molecule is COc1cc(NCCCNCc2cc(Br)c(Br)s2)nc2ccccc12. The molecule has 0 aliphatic rings. The number of para-hydroxylation sites is 1. The molecule has 0 bridgehead atoms. The number of rotatable bonds is 8. The van der Waals surface area contributed by atoms with Crippen molar-refractivity contribution in [2.75, 3.05) is 25.5 Å². The van der Waals surface area contributed by atoms with Gasteiger partial charge in [-0.1, -0.05) is 12.1 Å². The summed E-state index contributed by atoms with van der Waals surface area (Å²) in [7, 11) is 1.69. The molecular formula is C18H19Br2N3OS. The summed E-state index contributed by atoms with van der Waals surface area (Å²) in [6, 6.07) is 12.1. The molecule has 3 rings (SSSR count). The first-order chi connectivity index (χ1) is 12.2. The number of halogens is 2. The molecular weight excluding hydrogens is 466 g/mol. The number of nitrogens with one attached hydrogen (secondary N) is 2. The standard InChI is InChI=1S/C18H19Br2N3OS/c1-24-16-10-17(23-15-6-3-2-5-13(15)16)22-8-4-7-21-11-12-9-14(19)18(20)25-12/h2-3,5-6,9-10,21H,4,7-8,11H2,1H3,(H,22,23). The van der Waals surface area contributed by atoms with E-state index in [1.54, 1.807) is 18.4 Å². The van der Waals surface area contributed by atoms with E-state index >= 15 is 0 Å². The maximum atomic E-state index is 5.47. The topological polar surface area (TPSA) is 46.2 Å². The van der Waals surface area contributed by atoms with Crippen LogP contribution in [0.4, 0.5) is 5.82 Å². The molecule has 4 nitrogen and oxygen atoms in total. The summed E-state index contributed by atoms with van der Waals surface area (Å²) in [5.74, 6) is 1.70. The average molecular weight is 485 g/mol. The molecule has 132 valence electrons. The minimum Gasteiger partial charge on any atom is -0.496 e. The van der Waals surface area contributed by atoms with Crippen LogP contribution in [0.15, 0.2) is 44.7 Å². The number of fused-ring (bicyclic) bond motifs is 1. The highest BCUT2D eigenvalue weighted by Gasteiger charge is 2.06. The van der Waals surface area contributed by atoms with Crippen molar-refractivity contribution in [1.29, 1.82) is 0 Å². The second-order valence-corrected chi connectivity index (χ2v) is 8.83.